The molecule has 1 aromatic carbocycles. The van der Waals surface area contributed by atoms with Gasteiger partial charge in [0.1, 0.15) is 5.76 Å². The molecule has 24 heavy (non-hydrogen) atoms. The molecule has 3 rings (SSSR count). The topological polar surface area (TPSA) is 26.0 Å². The number of allylic oxidation sites excluding steroid dienone is 2. The smallest absolute Gasteiger partial charge is 0.141 e. The van der Waals surface area contributed by atoms with Crippen molar-refractivity contribution in [2.45, 2.75) is 65.7 Å². The Balaban J connectivity index is 2.09. The van der Waals surface area contributed by atoms with Gasteiger partial charge in [0.15, 0.2) is 0 Å². The number of hydrogen-bond donors (Lipinski definition) is 0. The van der Waals surface area contributed by atoms with Crippen molar-refractivity contribution in [3.8, 4) is 0 Å². The van der Waals surface area contributed by atoms with Crippen LogP contribution in [0.4, 0.5) is 0 Å². The summed E-state index contributed by atoms with van der Waals surface area (Å²) in [6.07, 6.45) is 2.51. The van der Waals surface area contributed by atoms with E-state index in [0.29, 0.717) is 5.92 Å². The Morgan fingerprint density at radius 2 is 1.71 bits per heavy atom. The highest BCUT2D eigenvalue weighted by Crippen LogP contribution is 2.54. The Labute approximate surface area is 146 Å². The largest absolute Gasteiger partial charge is 0.361 e. The van der Waals surface area contributed by atoms with E-state index in [-0.39, 0.29) is 10.8 Å². The second-order valence-corrected chi connectivity index (χ2v) is 8.56. The summed E-state index contributed by atoms with van der Waals surface area (Å²) in [5, 5.41) is 3.84. The minimum absolute atomic E-state index is 0.188. The van der Waals surface area contributed by atoms with E-state index >= 15 is 0 Å². The molecule has 0 N–H and O–H groups in total. The fourth-order valence-electron chi connectivity index (χ4n) is 4.27. The van der Waals surface area contributed by atoms with Crippen molar-refractivity contribution in [2.75, 3.05) is 0 Å². The minimum atomic E-state index is 0.188. The summed E-state index contributed by atoms with van der Waals surface area (Å²) in [5.74, 6) is 1.53. The molecular formula is C22H29NO. The Morgan fingerprint density at radius 1 is 1.04 bits per heavy atom. The molecule has 1 atom stereocenters. The highest BCUT2D eigenvalue weighted by atomic mass is 16.5. The van der Waals surface area contributed by atoms with E-state index in [1.165, 1.54) is 27.8 Å². The van der Waals surface area contributed by atoms with Gasteiger partial charge in [-0.3, -0.25) is 0 Å². The summed E-state index contributed by atoms with van der Waals surface area (Å²) in [4.78, 5) is 0. The Morgan fingerprint density at radius 3 is 2.29 bits per heavy atom. The van der Waals surface area contributed by atoms with Crippen molar-refractivity contribution < 1.29 is 4.52 Å². The summed E-state index contributed by atoms with van der Waals surface area (Å²) in [6.45, 7) is 16.3. The predicted molar refractivity (Wildman–Crippen MR) is 100 cm³/mol. The summed E-state index contributed by atoms with van der Waals surface area (Å²) in [7, 11) is 0. The summed E-state index contributed by atoms with van der Waals surface area (Å²) < 4.78 is 5.34. The molecule has 1 aliphatic carbocycles. The maximum Gasteiger partial charge on any atom is 0.141 e. The molecule has 2 aromatic rings. The quantitative estimate of drug-likeness (QED) is 0.701. The monoisotopic (exact) mass is 323 g/mol. The molecule has 0 fully saturated rings. The summed E-state index contributed by atoms with van der Waals surface area (Å²) >= 11 is 0. The van der Waals surface area contributed by atoms with Gasteiger partial charge in [0.05, 0.1) is 6.20 Å². The lowest BCUT2D eigenvalue weighted by Crippen LogP contribution is -2.30. The van der Waals surface area contributed by atoms with Gasteiger partial charge in [-0.15, -0.1) is 0 Å². The van der Waals surface area contributed by atoms with Crippen LogP contribution in [0.1, 0.15) is 70.9 Å². The second-order valence-electron chi connectivity index (χ2n) is 8.56. The van der Waals surface area contributed by atoms with E-state index in [2.05, 4.69) is 71.8 Å². The first-order valence-corrected chi connectivity index (χ1v) is 8.87. The average molecular weight is 323 g/mol. The average Bonchev–Trinajstić information content (AvgIpc) is 3.07. The molecular weight excluding hydrogens is 294 g/mol. The van der Waals surface area contributed by atoms with E-state index in [9.17, 15) is 0 Å². The van der Waals surface area contributed by atoms with Gasteiger partial charge in [0.2, 0.25) is 0 Å². The van der Waals surface area contributed by atoms with Crippen LogP contribution in [0, 0.1) is 5.92 Å². The summed E-state index contributed by atoms with van der Waals surface area (Å²) in [5.41, 5.74) is 7.37. The Bertz CT molecular complexity index is 774. The fourth-order valence-corrected chi connectivity index (χ4v) is 4.27. The number of benzene rings is 1. The van der Waals surface area contributed by atoms with E-state index in [4.69, 9.17) is 4.52 Å². The van der Waals surface area contributed by atoms with Crippen LogP contribution < -0.4 is 0 Å². The lowest BCUT2D eigenvalue weighted by atomic mass is 9.71. The molecule has 1 heterocycles. The molecule has 1 aromatic heterocycles. The molecule has 0 aliphatic heterocycles. The van der Waals surface area contributed by atoms with Gasteiger partial charge >= 0.3 is 0 Å². The van der Waals surface area contributed by atoms with Crippen molar-refractivity contribution in [2.24, 2.45) is 5.92 Å². The molecule has 1 unspecified atom stereocenters. The molecule has 0 radical (unpaired) electrons. The normalized spacial score (nSPS) is 20.7. The number of nitrogens with zero attached hydrogens (tertiary/aromatic N) is 1. The third-order valence-corrected chi connectivity index (χ3v) is 6.37. The predicted octanol–water partition coefficient (Wildman–Crippen LogP) is 5.92. The number of aromatic nitrogens is 1. The minimum Gasteiger partial charge on any atom is -0.361 e. The zero-order chi connectivity index (χ0) is 17.7. The molecule has 2 heteroatoms. The first-order chi connectivity index (χ1) is 11.2. The lowest BCUT2D eigenvalue weighted by molar-refractivity contribution is 0.264. The van der Waals surface area contributed by atoms with E-state index < -0.39 is 0 Å². The summed E-state index contributed by atoms with van der Waals surface area (Å²) in [6, 6.07) is 9.00. The SMILES string of the molecule is CC(C)=C(Cc1ccno1)c1ccc2c(c1)C(C)(C)C(C)C2(C)C. The van der Waals surface area contributed by atoms with Crippen LogP contribution in [-0.4, -0.2) is 5.16 Å². The van der Waals surface area contributed by atoms with Crippen LogP contribution in [0.25, 0.3) is 5.57 Å². The van der Waals surface area contributed by atoms with E-state index in [1.807, 2.05) is 6.07 Å². The van der Waals surface area contributed by atoms with Gasteiger partial charge in [-0.2, -0.15) is 0 Å². The van der Waals surface area contributed by atoms with Gasteiger partial charge in [-0.1, -0.05) is 63.5 Å². The first kappa shape index (κ1) is 17.0. The van der Waals surface area contributed by atoms with Gasteiger partial charge < -0.3 is 4.52 Å². The fraction of sp³-hybridized carbons (Fsp3) is 0.500. The molecule has 0 saturated heterocycles. The molecule has 0 saturated carbocycles. The van der Waals surface area contributed by atoms with Crippen LogP contribution in [0.2, 0.25) is 0 Å². The van der Waals surface area contributed by atoms with Crippen LogP contribution in [0.15, 0.2) is 40.6 Å². The standard InChI is InChI=1S/C22H29NO/c1-14(2)18(13-17-10-11-23-24-17)16-8-9-19-20(12-16)22(6,7)15(3)21(19,4)5/h8-12,15H,13H2,1-7H3. The zero-order valence-electron chi connectivity index (χ0n) is 16.0. The third-order valence-electron chi connectivity index (χ3n) is 6.37. The van der Waals surface area contributed by atoms with Gasteiger partial charge in [-0.25, -0.2) is 0 Å². The van der Waals surface area contributed by atoms with Crippen LogP contribution in [0.5, 0.6) is 0 Å². The maximum atomic E-state index is 5.34. The highest BCUT2D eigenvalue weighted by Gasteiger charge is 2.48. The van der Waals surface area contributed by atoms with E-state index in [0.717, 1.165) is 12.2 Å². The van der Waals surface area contributed by atoms with Crippen LogP contribution >= 0.6 is 0 Å². The van der Waals surface area contributed by atoms with Crippen molar-refractivity contribution in [3.63, 3.8) is 0 Å². The van der Waals surface area contributed by atoms with Crippen LogP contribution in [-0.2, 0) is 17.3 Å². The van der Waals surface area contributed by atoms with Crippen molar-refractivity contribution >= 4 is 5.57 Å². The molecule has 0 spiro atoms. The highest BCUT2D eigenvalue weighted by molar-refractivity contribution is 5.71. The molecule has 1 aliphatic rings. The number of rotatable bonds is 3. The molecule has 0 bridgehead atoms. The van der Waals surface area contributed by atoms with Gasteiger partial charge in [0, 0.05) is 12.5 Å². The Kier molecular flexibility index (Phi) is 3.98. The van der Waals surface area contributed by atoms with Crippen molar-refractivity contribution in [1.82, 2.24) is 5.16 Å². The van der Waals surface area contributed by atoms with Crippen molar-refractivity contribution in [3.05, 3.63) is 58.5 Å². The van der Waals surface area contributed by atoms with Crippen LogP contribution in [0.3, 0.4) is 0 Å². The second kappa shape index (κ2) is 5.61. The Hall–Kier alpha value is -1.83. The zero-order valence-corrected chi connectivity index (χ0v) is 16.0. The van der Waals surface area contributed by atoms with E-state index in [1.54, 1.807) is 6.20 Å². The first-order valence-electron chi connectivity index (χ1n) is 8.87. The van der Waals surface area contributed by atoms with Crippen molar-refractivity contribution in [1.29, 1.82) is 0 Å². The van der Waals surface area contributed by atoms with Gasteiger partial charge in [-0.05, 0) is 52.9 Å². The lowest BCUT2D eigenvalue weighted by Gasteiger charge is -2.32. The van der Waals surface area contributed by atoms with Gasteiger partial charge in [0.25, 0.3) is 0 Å². The number of fused-ring (bicyclic) bond motifs is 1. The molecule has 2 nitrogen and oxygen atoms in total. The maximum absolute atomic E-state index is 5.34. The number of hydrogen-bond acceptors (Lipinski definition) is 2. The molecule has 0 amide bonds. The molecule has 128 valence electrons. The third kappa shape index (κ3) is 2.53.